The molecule has 0 radical (unpaired) electrons. The number of rotatable bonds is 12. The second kappa shape index (κ2) is 12.3. The van der Waals surface area contributed by atoms with E-state index in [0.717, 1.165) is 60.7 Å². The summed E-state index contributed by atoms with van der Waals surface area (Å²) in [6.07, 6.45) is -1.35. The third kappa shape index (κ3) is 6.42. The van der Waals surface area contributed by atoms with E-state index in [4.69, 9.17) is 22.0 Å². The summed E-state index contributed by atoms with van der Waals surface area (Å²) in [6, 6.07) is 6.41. The number of pyridine rings is 1. The van der Waals surface area contributed by atoms with Crippen molar-refractivity contribution in [2.45, 2.75) is 35.8 Å². The van der Waals surface area contributed by atoms with Crippen LogP contribution in [-0.2, 0) is 29.7 Å². The molecule has 2 aromatic carbocycles. The van der Waals surface area contributed by atoms with Crippen molar-refractivity contribution in [2.75, 3.05) is 3.71 Å². The summed E-state index contributed by atoms with van der Waals surface area (Å²) in [4.78, 5) is 50.4. The van der Waals surface area contributed by atoms with Gasteiger partial charge in [0.15, 0.2) is 12.1 Å². The van der Waals surface area contributed by atoms with Gasteiger partial charge < -0.3 is 22.0 Å². The van der Waals surface area contributed by atoms with Crippen LogP contribution < -0.4 is 26.5 Å². The first-order valence-electron chi connectivity index (χ1n) is 12.0. The minimum Gasteiger partial charge on any atom is -0.387 e. The number of amides is 1. The van der Waals surface area contributed by atoms with Gasteiger partial charge in [-0.25, -0.2) is 16.8 Å². The molecule has 3 rings (SSSR count). The minimum absolute atomic E-state index is 0.00289. The van der Waals surface area contributed by atoms with E-state index in [0.29, 0.717) is 4.57 Å². The largest absolute Gasteiger partial charge is 0.387 e. The molecule has 3 aromatic rings. The fourth-order valence-corrected chi connectivity index (χ4v) is 7.64. The molecule has 44 heavy (non-hydrogen) atoms. The quantitative estimate of drug-likeness (QED) is 0.102. The molecule has 0 aliphatic carbocycles. The molecule has 1 aromatic heterocycles. The van der Waals surface area contributed by atoms with E-state index in [2.05, 4.69) is 5.16 Å². The number of nitro benzene ring substituents is 2. The van der Waals surface area contributed by atoms with E-state index in [1.807, 2.05) is 0 Å². The molecule has 21 heteroatoms. The molecule has 2 atom stereocenters. The van der Waals surface area contributed by atoms with Crippen LogP contribution in [0, 0.1) is 27.2 Å². The fraction of sp³-hybridized carbons (Fsp3) is 0.174. The van der Waals surface area contributed by atoms with Crippen molar-refractivity contribution in [3.8, 4) is 0 Å². The van der Waals surface area contributed by atoms with Crippen LogP contribution in [0.5, 0.6) is 0 Å². The number of nitrogens with two attached hydrogens (primary N) is 3. The monoisotopic (exact) mass is 652 g/mol. The Morgan fingerprint density at radius 3 is 1.66 bits per heavy atom. The Labute approximate surface area is 248 Å². The maximum atomic E-state index is 13.9. The van der Waals surface area contributed by atoms with Gasteiger partial charge in [-0.05, 0) is 55.4 Å². The zero-order valence-electron chi connectivity index (χ0n) is 22.7. The van der Waals surface area contributed by atoms with Gasteiger partial charge in [-0.3, -0.25) is 34.4 Å². The van der Waals surface area contributed by atoms with Gasteiger partial charge in [0.05, 0.1) is 19.6 Å². The molecule has 1 amide bonds. The third-order valence-electron chi connectivity index (χ3n) is 5.96. The average Bonchev–Trinajstić information content (AvgIpc) is 2.95. The Kier molecular flexibility index (Phi) is 9.24. The van der Waals surface area contributed by atoms with E-state index in [1.54, 1.807) is 0 Å². The van der Waals surface area contributed by atoms with Crippen LogP contribution in [-0.4, -0.2) is 49.2 Å². The molecule has 0 fully saturated rings. The Balaban J connectivity index is 2.38. The van der Waals surface area contributed by atoms with Gasteiger partial charge in [0.25, 0.3) is 37.0 Å². The summed E-state index contributed by atoms with van der Waals surface area (Å²) >= 11 is 0. The topological polar surface area (TPSA) is 297 Å². The van der Waals surface area contributed by atoms with Crippen LogP contribution in [0.15, 0.2) is 80.4 Å². The normalized spacial score (nSPS) is 12.9. The van der Waals surface area contributed by atoms with Gasteiger partial charge in [-0.2, -0.15) is 3.71 Å². The number of anilines is 1. The number of benzene rings is 2. The molecule has 0 aliphatic heterocycles. The molecular formula is C23H24N8O11S2. The maximum Gasteiger partial charge on any atom is 0.277 e. The van der Waals surface area contributed by atoms with Crippen molar-refractivity contribution < 1.29 is 36.3 Å². The maximum absolute atomic E-state index is 13.9. The van der Waals surface area contributed by atoms with Gasteiger partial charge in [0.1, 0.15) is 5.69 Å². The number of oxime groups is 1. The second-order valence-corrected chi connectivity index (χ2v) is 12.7. The summed E-state index contributed by atoms with van der Waals surface area (Å²) in [5, 5.41) is 25.5. The molecule has 6 N–H and O–H groups in total. The number of sulfonamides is 2. The first-order chi connectivity index (χ1) is 20.4. The molecule has 0 spiro atoms. The lowest BCUT2D eigenvalue weighted by Crippen LogP contribution is -2.45. The van der Waals surface area contributed by atoms with Gasteiger partial charge in [-0.15, -0.1) is 0 Å². The van der Waals surface area contributed by atoms with E-state index in [1.165, 1.54) is 13.8 Å². The summed E-state index contributed by atoms with van der Waals surface area (Å²) in [5.74, 6) is -1.72. The van der Waals surface area contributed by atoms with Crippen molar-refractivity contribution >= 4 is 49.0 Å². The smallest absolute Gasteiger partial charge is 0.277 e. The zero-order valence-corrected chi connectivity index (χ0v) is 24.3. The van der Waals surface area contributed by atoms with Gasteiger partial charge in [0, 0.05) is 30.0 Å². The van der Waals surface area contributed by atoms with Gasteiger partial charge >= 0.3 is 0 Å². The highest BCUT2D eigenvalue weighted by Gasteiger charge is 2.40. The third-order valence-corrected chi connectivity index (χ3v) is 10.1. The second-order valence-electron chi connectivity index (χ2n) is 8.92. The van der Waals surface area contributed by atoms with Crippen LogP contribution >= 0.6 is 0 Å². The summed E-state index contributed by atoms with van der Waals surface area (Å²) in [7, 11) is -10.6. The number of aromatic nitrogens is 1. The predicted molar refractivity (Wildman–Crippen MR) is 153 cm³/mol. The number of nitro groups is 2. The molecule has 0 saturated heterocycles. The van der Waals surface area contributed by atoms with Gasteiger partial charge in [0.2, 0.25) is 11.9 Å². The molecule has 0 bridgehead atoms. The van der Waals surface area contributed by atoms with E-state index < -0.39 is 86.3 Å². The Bertz CT molecular complexity index is 1830. The van der Waals surface area contributed by atoms with Crippen LogP contribution in [0.3, 0.4) is 0 Å². The number of carbonyl (C=O) groups excluding carboxylic acids is 1. The lowest BCUT2D eigenvalue weighted by molar-refractivity contribution is -0.385. The molecule has 2 unspecified atom stereocenters. The van der Waals surface area contributed by atoms with Crippen molar-refractivity contribution in [3.05, 3.63) is 96.9 Å². The van der Waals surface area contributed by atoms with Crippen molar-refractivity contribution in [1.29, 1.82) is 0 Å². The number of guanidine groups is 1. The zero-order chi connectivity index (χ0) is 33.1. The van der Waals surface area contributed by atoms with Crippen molar-refractivity contribution in [2.24, 2.45) is 22.4 Å². The summed E-state index contributed by atoms with van der Waals surface area (Å²) in [5.41, 5.74) is 12.6. The first kappa shape index (κ1) is 32.9. The van der Waals surface area contributed by atoms with Crippen LogP contribution in [0.4, 0.5) is 17.1 Å². The van der Waals surface area contributed by atoms with E-state index in [9.17, 15) is 46.7 Å². The van der Waals surface area contributed by atoms with Gasteiger partial charge in [-0.1, -0.05) is 0 Å². The highest BCUT2D eigenvalue weighted by molar-refractivity contribution is 8.10. The van der Waals surface area contributed by atoms with Crippen LogP contribution in [0.25, 0.3) is 0 Å². The number of carbonyl (C=O) groups is 1. The summed E-state index contributed by atoms with van der Waals surface area (Å²) in [6.45, 7) is 2.58. The SMILES string of the molecule is Cc1ccc(N(S(=O)(=O)c2ccc([N+](=O)[O-])cc2)S(=O)(=O)c2ccc([N+](=O)[O-])cc2)c(=O)n1C(C(N)=O)C(C)ON=C(N)N. The molecule has 0 aliphatic rings. The molecule has 19 nitrogen and oxygen atoms in total. The molecular weight excluding hydrogens is 628 g/mol. The lowest BCUT2D eigenvalue weighted by atomic mass is 10.1. The number of hydrogen-bond donors (Lipinski definition) is 3. The number of hydrogen-bond acceptors (Lipinski definition) is 12. The van der Waals surface area contributed by atoms with E-state index >= 15 is 0 Å². The number of nitrogens with zero attached hydrogens (tertiary/aromatic N) is 5. The number of primary amides is 1. The van der Waals surface area contributed by atoms with E-state index in [-0.39, 0.29) is 9.40 Å². The Morgan fingerprint density at radius 2 is 1.30 bits per heavy atom. The minimum atomic E-state index is -5.30. The number of non-ortho nitro benzene ring substituents is 2. The Hall–Kier alpha value is -5.57. The van der Waals surface area contributed by atoms with Crippen molar-refractivity contribution in [1.82, 2.24) is 4.57 Å². The van der Waals surface area contributed by atoms with Crippen LogP contribution in [0.1, 0.15) is 18.7 Å². The molecule has 1 heterocycles. The standard InChI is InChI=1S/C23H24N8O11S2/c1-13-3-12-19(22(33)28(13)20(21(24)32)14(2)42-27-23(25)26)31(43(38,39)17-8-4-15(5-9-17)29(34)35)44(40,41)18-10-6-16(7-11-18)30(36)37/h3-12,14,20H,1-2H3,(H2,24,32)(H4,25,26,27). The molecule has 234 valence electrons. The highest BCUT2D eigenvalue weighted by atomic mass is 32.3. The predicted octanol–water partition coefficient (Wildman–Crippen LogP) is 0.177. The van der Waals surface area contributed by atoms with Crippen molar-refractivity contribution in [3.63, 3.8) is 0 Å². The number of aryl methyl sites for hydroxylation is 1. The molecule has 0 saturated carbocycles. The lowest BCUT2D eigenvalue weighted by Gasteiger charge is -2.27. The average molecular weight is 653 g/mol. The highest BCUT2D eigenvalue weighted by Crippen LogP contribution is 2.31. The van der Waals surface area contributed by atoms with Crippen LogP contribution in [0.2, 0.25) is 0 Å². The first-order valence-corrected chi connectivity index (χ1v) is 14.8. The fourth-order valence-electron chi connectivity index (χ4n) is 3.95. The Morgan fingerprint density at radius 1 is 0.864 bits per heavy atom. The summed E-state index contributed by atoms with van der Waals surface area (Å²) < 4.78 is 56.2.